The van der Waals surface area contributed by atoms with Gasteiger partial charge in [0.15, 0.2) is 0 Å². The summed E-state index contributed by atoms with van der Waals surface area (Å²) in [5, 5.41) is 12.2. The third-order valence-corrected chi connectivity index (χ3v) is 4.03. The molecule has 102 valence electrons. The molecule has 1 amide bonds. The number of benzene rings is 1. The van der Waals surface area contributed by atoms with Gasteiger partial charge in [-0.15, -0.1) is 0 Å². The van der Waals surface area contributed by atoms with E-state index >= 15 is 0 Å². The fraction of sp³-hybridized carbons (Fsp3) is 0.429. The molecule has 1 aromatic rings. The number of carboxylic acids is 1. The Balaban J connectivity index is 2.03. The van der Waals surface area contributed by atoms with Gasteiger partial charge in [0.2, 0.25) is 0 Å². The van der Waals surface area contributed by atoms with Gasteiger partial charge in [0.1, 0.15) is 0 Å². The fourth-order valence-electron chi connectivity index (χ4n) is 2.22. The van der Waals surface area contributed by atoms with Gasteiger partial charge in [-0.3, -0.25) is 9.59 Å². The largest absolute Gasteiger partial charge is 0.481 e. The van der Waals surface area contributed by atoms with Gasteiger partial charge in [0, 0.05) is 6.54 Å². The summed E-state index contributed by atoms with van der Waals surface area (Å²) in [6.45, 7) is 2.05. The highest BCUT2D eigenvalue weighted by Gasteiger charge is 2.44. The summed E-state index contributed by atoms with van der Waals surface area (Å²) in [6.07, 6.45) is 2.13. The van der Waals surface area contributed by atoms with E-state index in [9.17, 15) is 14.7 Å². The van der Waals surface area contributed by atoms with Crippen LogP contribution in [0.3, 0.4) is 0 Å². The van der Waals surface area contributed by atoms with Gasteiger partial charge in [-0.25, -0.2) is 0 Å². The van der Waals surface area contributed by atoms with Gasteiger partial charge >= 0.3 is 5.97 Å². The standard InChI is InChI=1S/C14H16ClNO3/c1-9-3-4-10(11(15)7-9)12(17)16-8-14(13(18)19)5-2-6-14/h3-4,7H,2,5-6,8H2,1H3,(H,16,17)(H,18,19). The lowest BCUT2D eigenvalue weighted by atomic mass is 9.69. The molecule has 1 aromatic carbocycles. The van der Waals surface area contributed by atoms with E-state index in [-0.39, 0.29) is 12.5 Å². The molecule has 1 aliphatic rings. The van der Waals surface area contributed by atoms with Gasteiger partial charge in [0.05, 0.1) is 16.0 Å². The Bertz CT molecular complexity index is 523. The molecular formula is C14H16ClNO3. The maximum atomic E-state index is 12.0. The minimum Gasteiger partial charge on any atom is -0.481 e. The molecule has 2 rings (SSSR count). The van der Waals surface area contributed by atoms with Gasteiger partial charge in [-0.1, -0.05) is 24.1 Å². The first-order valence-corrected chi connectivity index (χ1v) is 6.60. The highest BCUT2D eigenvalue weighted by molar-refractivity contribution is 6.33. The van der Waals surface area contributed by atoms with Crippen LogP contribution >= 0.6 is 11.6 Å². The highest BCUT2D eigenvalue weighted by atomic mass is 35.5. The van der Waals surface area contributed by atoms with E-state index in [0.29, 0.717) is 23.4 Å². The zero-order chi connectivity index (χ0) is 14.0. The maximum Gasteiger partial charge on any atom is 0.311 e. The summed E-state index contributed by atoms with van der Waals surface area (Å²) < 4.78 is 0. The van der Waals surface area contributed by atoms with Crippen molar-refractivity contribution >= 4 is 23.5 Å². The van der Waals surface area contributed by atoms with Gasteiger partial charge < -0.3 is 10.4 Å². The van der Waals surface area contributed by atoms with E-state index in [1.807, 2.05) is 6.92 Å². The smallest absolute Gasteiger partial charge is 0.311 e. The molecule has 1 saturated carbocycles. The second-order valence-electron chi connectivity index (χ2n) is 5.11. The average molecular weight is 282 g/mol. The van der Waals surface area contributed by atoms with Crippen molar-refractivity contribution < 1.29 is 14.7 Å². The predicted molar refractivity (Wildman–Crippen MR) is 72.4 cm³/mol. The van der Waals surface area contributed by atoms with Crippen LogP contribution in [0.4, 0.5) is 0 Å². The summed E-state index contributed by atoms with van der Waals surface area (Å²) in [6, 6.07) is 5.17. The van der Waals surface area contributed by atoms with Crippen molar-refractivity contribution in [3.63, 3.8) is 0 Å². The molecule has 0 unspecified atom stereocenters. The molecule has 2 N–H and O–H groups in total. The summed E-state index contributed by atoms with van der Waals surface area (Å²) in [5.74, 6) is -1.16. The number of aryl methyl sites for hydroxylation is 1. The minimum absolute atomic E-state index is 0.158. The Labute approximate surface area is 116 Å². The molecule has 0 bridgehead atoms. The number of halogens is 1. The number of hydrogen-bond donors (Lipinski definition) is 2. The number of carbonyl (C=O) groups excluding carboxylic acids is 1. The minimum atomic E-state index is -0.839. The van der Waals surface area contributed by atoms with Crippen LogP contribution in [0.5, 0.6) is 0 Å². The third-order valence-electron chi connectivity index (χ3n) is 3.72. The number of hydrogen-bond acceptors (Lipinski definition) is 2. The molecular weight excluding hydrogens is 266 g/mol. The van der Waals surface area contributed by atoms with Gasteiger partial charge in [-0.05, 0) is 37.5 Å². The molecule has 0 radical (unpaired) electrons. The summed E-state index contributed by atoms with van der Waals surface area (Å²) in [4.78, 5) is 23.2. The SMILES string of the molecule is Cc1ccc(C(=O)NCC2(C(=O)O)CCC2)c(Cl)c1. The van der Waals surface area contributed by atoms with E-state index < -0.39 is 11.4 Å². The molecule has 0 aliphatic heterocycles. The zero-order valence-corrected chi connectivity index (χ0v) is 11.5. The first-order valence-electron chi connectivity index (χ1n) is 6.22. The molecule has 0 heterocycles. The normalized spacial score (nSPS) is 16.5. The number of rotatable bonds is 4. The van der Waals surface area contributed by atoms with Crippen molar-refractivity contribution in [1.82, 2.24) is 5.32 Å². The van der Waals surface area contributed by atoms with Crippen LogP contribution in [-0.2, 0) is 4.79 Å². The van der Waals surface area contributed by atoms with Crippen molar-refractivity contribution in [3.05, 3.63) is 34.3 Å². The monoisotopic (exact) mass is 281 g/mol. The van der Waals surface area contributed by atoms with Crippen LogP contribution in [0.2, 0.25) is 5.02 Å². The predicted octanol–water partition coefficient (Wildman–Crippen LogP) is 2.63. The van der Waals surface area contributed by atoms with Crippen LogP contribution in [-0.4, -0.2) is 23.5 Å². The molecule has 0 saturated heterocycles. The first kappa shape index (κ1) is 13.9. The van der Waals surface area contributed by atoms with Gasteiger partial charge in [-0.2, -0.15) is 0 Å². The lowest BCUT2D eigenvalue weighted by Crippen LogP contribution is -2.47. The number of carbonyl (C=O) groups is 2. The fourth-order valence-corrected chi connectivity index (χ4v) is 2.54. The molecule has 19 heavy (non-hydrogen) atoms. The Kier molecular flexibility index (Phi) is 3.80. The molecule has 4 nitrogen and oxygen atoms in total. The van der Waals surface area contributed by atoms with Crippen molar-refractivity contribution in [2.45, 2.75) is 26.2 Å². The second-order valence-corrected chi connectivity index (χ2v) is 5.51. The maximum absolute atomic E-state index is 12.0. The summed E-state index contributed by atoms with van der Waals surface area (Å²) in [5.41, 5.74) is 0.571. The Morgan fingerprint density at radius 3 is 2.58 bits per heavy atom. The first-order chi connectivity index (χ1) is 8.94. The molecule has 1 fully saturated rings. The summed E-state index contributed by atoms with van der Waals surface area (Å²) >= 11 is 6.01. The van der Waals surface area contributed by atoms with Gasteiger partial charge in [0.25, 0.3) is 5.91 Å². The Morgan fingerprint density at radius 1 is 1.42 bits per heavy atom. The van der Waals surface area contributed by atoms with E-state index in [1.165, 1.54) is 0 Å². The van der Waals surface area contributed by atoms with E-state index in [4.69, 9.17) is 11.6 Å². The van der Waals surface area contributed by atoms with E-state index in [1.54, 1.807) is 18.2 Å². The highest BCUT2D eigenvalue weighted by Crippen LogP contribution is 2.40. The van der Waals surface area contributed by atoms with E-state index in [2.05, 4.69) is 5.32 Å². The van der Waals surface area contributed by atoms with Crippen LogP contribution in [0.15, 0.2) is 18.2 Å². The second kappa shape index (κ2) is 5.21. The zero-order valence-electron chi connectivity index (χ0n) is 10.7. The number of aliphatic carboxylic acids is 1. The molecule has 0 spiro atoms. The number of carboxylic acid groups (broad SMARTS) is 1. The van der Waals surface area contributed by atoms with E-state index in [0.717, 1.165) is 12.0 Å². The number of amides is 1. The lowest BCUT2D eigenvalue weighted by Gasteiger charge is -2.37. The Morgan fingerprint density at radius 2 is 2.11 bits per heavy atom. The average Bonchev–Trinajstić information content (AvgIpc) is 2.26. The van der Waals surface area contributed by atoms with Crippen LogP contribution in [0.25, 0.3) is 0 Å². The van der Waals surface area contributed by atoms with Crippen molar-refractivity contribution in [2.75, 3.05) is 6.54 Å². The van der Waals surface area contributed by atoms with Crippen LogP contribution in [0.1, 0.15) is 35.2 Å². The van der Waals surface area contributed by atoms with Crippen molar-refractivity contribution in [1.29, 1.82) is 0 Å². The lowest BCUT2D eigenvalue weighted by molar-refractivity contribution is -0.153. The van der Waals surface area contributed by atoms with Crippen molar-refractivity contribution in [3.8, 4) is 0 Å². The topological polar surface area (TPSA) is 66.4 Å². The molecule has 1 aliphatic carbocycles. The quantitative estimate of drug-likeness (QED) is 0.891. The molecule has 5 heteroatoms. The third kappa shape index (κ3) is 2.73. The summed E-state index contributed by atoms with van der Waals surface area (Å²) in [7, 11) is 0. The van der Waals surface area contributed by atoms with Crippen molar-refractivity contribution in [2.24, 2.45) is 5.41 Å². The molecule has 0 aromatic heterocycles. The number of nitrogens with one attached hydrogen (secondary N) is 1. The van der Waals surface area contributed by atoms with Crippen LogP contribution in [0, 0.1) is 12.3 Å². The van der Waals surface area contributed by atoms with Crippen LogP contribution < -0.4 is 5.32 Å². The Hall–Kier alpha value is -1.55. The molecule has 0 atom stereocenters.